The van der Waals surface area contributed by atoms with E-state index in [0.29, 0.717) is 6.42 Å². The van der Waals surface area contributed by atoms with Crippen LogP contribution in [0.4, 0.5) is 0 Å². The van der Waals surface area contributed by atoms with Crippen LogP contribution in [0.15, 0.2) is 34.9 Å². The molecule has 0 radical (unpaired) electrons. The van der Waals surface area contributed by atoms with Crippen LogP contribution in [0, 0.1) is 0 Å². The first-order valence-electron chi connectivity index (χ1n) is 4.90. The van der Waals surface area contributed by atoms with Crippen molar-refractivity contribution in [3.63, 3.8) is 0 Å². The van der Waals surface area contributed by atoms with E-state index in [1.54, 1.807) is 17.5 Å². The quantitative estimate of drug-likeness (QED) is 0.811. The molecule has 0 saturated carbocycles. The van der Waals surface area contributed by atoms with Crippen LogP contribution < -0.4 is 0 Å². The molecule has 0 spiro atoms. The monoisotopic (exact) mass is 295 g/mol. The maximum atomic E-state index is 10.4. The van der Waals surface area contributed by atoms with Gasteiger partial charge in [-0.1, -0.05) is 34.1 Å². The van der Waals surface area contributed by atoms with Gasteiger partial charge in [-0.15, -0.1) is 11.3 Å². The fourth-order valence-corrected chi connectivity index (χ4v) is 2.73. The molecule has 0 aliphatic heterocycles. The molecular weight excluding hydrogens is 286 g/mol. The molecule has 0 atom stereocenters. The number of carbonyl (C=O) groups excluding carboxylic acids is 1. The summed E-state index contributed by atoms with van der Waals surface area (Å²) in [5, 5.41) is 1.05. The highest BCUT2D eigenvalue weighted by atomic mass is 79.9. The average molecular weight is 296 g/mol. The maximum absolute atomic E-state index is 10.4. The second-order valence-corrected chi connectivity index (χ2v) is 5.41. The Kier molecular flexibility index (Phi) is 3.85. The molecule has 1 heterocycles. The van der Waals surface area contributed by atoms with Gasteiger partial charge in [-0.25, -0.2) is 4.98 Å². The standard InChI is InChI=1S/C12H10BrNOS/c13-11-4-2-1-3-9(11)7-12-14-8-10(16-12)5-6-15/h1-4,6,8H,5,7H2. The molecule has 0 saturated heterocycles. The van der Waals surface area contributed by atoms with Crippen LogP contribution in [0.25, 0.3) is 0 Å². The van der Waals surface area contributed by atoms with Crippen molar-refractivity contribution in [3.05, 3.63) is 50.4 Å². The van der Waals surface area contributed by atoms with Crippen LogP contribution >= 0.6 is 27.3 Å². The van der Waals surface area contributed by atoms with Crippen LogP contribution in [0.1, 0.15) is 15.4 Å². The van der Waals surface area contributed by atoms with Crippen LogP contribution in [0.3, 0.4) is 0 Å². The summed E-state index contributed by atoms with van der Waals surface area (Å²) in [4.78, 5) is 15.7. The Morgan fingerprint density at radius 3 is 2.94 bits per heavy atom. The zero-order valence-corrected chi connectivity index (χ0v) is 10.9. The van der Waals surface area contributed by atoms with E-state index in [-0.39, 0.29) is 0 Å². The Morgan fingerprint density at radius 2 is 2.19 bits per heavy atom. The molecule has 0 aliphatic carbocycles. The molecule has 0 bridgehead atoms. The molecule has 0 unspecified atom stereocenters. The van der Waals surface area contributed by atoms with Crippen molar-refractivity contribution in [1.29, 1.82) is 0 Å². The van der Waals surface area contributed by atoms with Crippen molar-refractivity contribution >= 4 is 33.6 Å². The first kappa shape index (κ1) is 11.5. The van der Waals surface area contributed by atoms with E-state index in [1.807, 2.05) is 18.2 Å². The van der Waals surface area contributed by atoms with E-state index < -0.39 is 0 Å². The van der Waals surface area contributed by atoms with Gasteiger partial charge in [-0.3, -0.25) is 0 Å². The summed E-state index contributed by atoms with van der Waals surface area (Å²) in [6.45, 7) is 0. The maximum Gasteiger partial charge on any atom is 0.125 e. The van der Waals surface area contributed by atoms with Gasteiger partial charge < -0.3 is 4.79 Å². The highest BCUT2D eigenvalue weighted by molar-refractivity contribution is 9.10. The van der Waals surface area contributed by atoms with Gasteiger partial charge in [-0.05, 0) is 11.6 Å². The number of benzene rings is 1. The predicted octanol–water partition coefficient (Wildman–Crippen LogP) is 3.24. The summed E-state index contributed by atoms with van der Waals surface area (Å²) in [6.07, 6.45) is 3.97. The summed E-state index contributed by atoms with van der Waals surface area (Å²) in [7, 11) is 0. The lowest BCUT2D eigenvalue weighted by Gasteiger charge is -2.00. The molecule has 2 rings (SSSR count). The zero-order chi connectivity index (χ0) is 11.4. The SMILES string of the molecule is O=CCc1cnc(Cc2ccccc2Br)s1. The summed E-state index contributed by atoms with van der Waals surface area (Å²) in [5.41, 5.74) is 1.22. The summed E-state index contributed by atoms with van der Waals surface area (Å²) in [5.74, 6) is 0. The molecule has 2 nitrogen and oxygen atoms in total. The Balaban J connectivity index is 2.14. The predicted molar refractivity (Wildman–Crippen MR) is 68.8 cm³/mol. The van der Waals surface area contributed by atoms with Crippen LogP contribution in [-0.4, -0.2) is 11.3 Å². The van der Waals surface area contributed by atoms with Gasteiger partial charge >= 0.3 is 0 Å². The van der Waals surface area contributed by atoms with Crippen molar-refractivity contribution in [2.45, 2.75) is 12.8 Å². The Morgan fingerprint density at radius 1 is 1.38 bits per heavy atom. The van der Waals surface area contributed by atoms with E-state index in [0.717, 1.165) is 27.1 Å². The summed E-state index contributed by atoms with van der Waals surface area (Å²) < 4.78 is 1.10. The van der Waals surface area contributed by atoms with Gasteiger partial charge in [0.05, 0.1) is 5.01 Å². The highest BCUT2D eigenvalue weighted by Crippen LogP contribution is 2.22. The van der Waals surface area contributed by atoms with Gasteiger partial charge in [0, 0.05) is 28.4 Å². The minimum absolute atomic E-state index is 0.466. The second-order valence-electron chi connectivity index (χ2n) is 3.36. The van der Waals surface area contributed by atoms with Crippen molar-refractivity contribution in [3.8, 4) is 0 Å². The fourth-order valence-electron chi connectivity index (χ4n) is 1.41. The van der Waals surface area contributed by atoms with Gasteiger partial charge in [0.1, 0.15) is 6.29 Å². The lowest BCUT2D eigenvalue weighted by Crippen LogP contribution is -1.87. The van der Waals surface area contributed by atoms with Crippen LogP contribution in [0.5, 0.6) is 0 Å². The fraction of sp³-hybridized carbons (Fsp3) is 0.167. The summed E-state index contributed by atoms with van der Waals surface area (Å²) in [6, 6.07) is 8.10. The summed E-state index contributed by atoms with van der Waals surface area (Å²) >= 11 is 5.11. The molecule has 0 amide bonds. The highest BCUT2D eigenvalue weighted by Gasteiger charge is 2.05. The normalized spacial score (nSPS) is 10.3. The number of hydrogen-bond donors (Lipinski definition) is 0. The van der Waals surface area contributed by atoms with Crippen molar-refractivity contribution < 1.29 is 4.79 Å². The molecule has 1 aromatic heterocycles. The molecule has 82 valence electrons. The largest absolute Gasteiger partial charge is 0.303 e. The third kappa shape index (κ3) is 2.77. The number of hydrogen-bond acceptors (Lipinski definition) is 3. The molecule has 0 N–H and O–H groups in total. The van der Waals surface area contributed by atoms with Gasteiger partial charge in [0.15, 0.2) is 0 Å². The third-order valence-electron chi connectivity index (χ3n) is 2.19. The molecular formula is C12H10BrNOS. The number of rotatable bonds is 4. The van der Waals surface area contributed by atoms with Crippen LogP contribution in [-0.2, 0) is 17.6 Å². The van der Waals surface area contributed by atoms with Crippen molar-refractivity contribution in [2.75, 3.05) is 0 Å². The number of nitrogens with zero attached hydrogens (tertiary/aromatic N) is 1. The minimum atomic E-state index is 0.466. The lowest BCUT2D eigenvalue weighted by atomic mass is 10.2. The Labute approximate surface area is 106 Å². The average Bonchev–Trinajstić information content (AvgIpc) is 2.70. The smallest absolute Gasteiger partial charge is 0.125 e. The van der Waals surface area contributed by atoms with Gasteiger partial charge in [0.25, 0.3) is 0 Å². The van der Waals surface area contributed by atoms with E-state index in [9.17, 15) is 4.79 Å². The Bertz CT molecular complexity index is 495. The number of thiazole rings is 1. The minimum Gasteiger partial charge on any atom is -0.303 e. The van der Waals surface area contributed by atoms with Gasteiger partial charge in [0.2, 0.25) is 0 Å². The molecule has 2 aromatic rings. The number of aromatic nitrogens is 1. The Hall–Kier alpha value is -1.000. The van der Waals surface area contributed by atoms with Crippen LogP contribution in [0.2, 0.25) is 0 Å². The van der Waals surface area contributed by atoms with Crippen molar-refractivity contribution in [2.24, 2.45) is 0 Å². The third-order valence-corrected chi connectivity index (χ3v) is 3.98. The van der Waals surface area contributed by atoms with E-state index >= 15 is 0 Å². The van der Waals surface area contributed by atoms with E-state index in [1.165, 1.54) is 5.56 Å². The first-order chi connectivity index (χ1) is 7.79. The van der Waals surface area contributed by atoms with Crippen molar-refractivity contribution in [1.82, 2.24) is 4.98 Å². The second kappa shape index (κ2) is 5.37. The molecule has 0 aliphatic rings. The number of halogens is 1. The number of aldehydes is 1. The first-order valence-corrected chi connectivity index (χ1v) is 6.51. The topological polar surface area (TPSA) is 30.0 Å². The van der Waals surface area contributed by atoms with E-state index in [4.69, 9.17) is 0 Å². The van der Waals surface area contributed by atoms with E-state index in [2.05, 4.69) is 27.0 Å². The number of carbonyl (C=O) groups is 1. The zero-order valence-electron chi connectivity index (χ0n) is 8.52. The molecule has 16 heavy (non-hydrogen) atoms. The molecule has 0 fully saturated rings. The van der Waals surface area contributed by atoms with Gasteiger partial charge in [-0.2, -0.15) is 0 Å². The molecule has 4 heteroatoms. The molecule has 1 aromatic carbocycles. The lowest BCUT2D eigenvalue weighted by molar-refractivity contribution is -0.107.